The van der Waals surface area contributed by atoms with Gasteiger partial charge in [-0.25, -0.2) is 0 Å². The van der Waals surface area contributed by atoms with E-state index in [4.69, 9.17) is 0 Å². The minimum Gasteiger partial charge on any atom is -0.356 e. The van der Waals surface area contributed by atoms with Crippen LogP contribution < -0.4 is 21.7 Å². The quantitative estimate of drug-likeness (QED) is 0.251. The van der Waals surface area contributed by atoms with Crippen molar-refractivity contribution in [3.05, 3.63) is 84.9 Å². The molecule has 0 bridgehead atoms. The van der Waals surface area contributed by atoms with Crippen molar-refractivity contribution < 1.29 is 0 Å². The highest BCUT2D eigenvalue weighted by molar-refractivity contribution is 8.00. The van der Waals surface area contributed by atoms with Crippen molar-refractivity contribution in [2.45, 2.75) is 9.79 Å². The summed E-state index contributed by atoms with van der Waals surface area (Å²) in [4.78, 5) is 2.77. The zero-order chi connectivity index (χ0) is 22.4. The lowest BCUT2D eigenvalue weighted by Gasteiger charge is -2.38. The summed E-state index contributed by atoms with van der Waals surface area (Å²) in [5.74, 6) is 0. The third-order valence-corrected chi connectivity index (χ3v) is 10.5. The van der Waals surface area contributed by atoms with Crippen molar-refractivity contribution >= 4 is 99.6 Å². The number of thiophene rings is 1. The summed E-state index contributed by atoms with van der Waals surface area (Å²) < 4.78 is 5.34. The van der Waals surface area contributed by atoms with E-state index in [1.807, 2.05) is 23.1 Å². The van der Waals surface area contributed by atoms with E-state index < -0.39 is 0 Å². The maximum absolute atomic E-state index is 3.80. The number of anilines is 2. The van der Waals surface area contributed by atoms with Gasteiger partial charge in [0.05, 0.1) is 15.7 Å². The molecular formula is C30H15BN2S2. The molecule has 160 valence electrons. The van der Waals surface area contributed by atoms with Crippen molar-refractivity contribution in [1.29, 1.82) is 0 Å². The molecule has 0 unspecified atom stereocenters. The van der Waals surface area contributed by atoms with Gasteiger partial charge in [-0.05, 0) is 52.8 Å². The number of hydrogen-bond donors (Lipinski definition) is 1. The molecule has 2 aromatic heterocycles. The fourth-order valence-electron chi connectivity index (χ4n) is 6.88. The summed E-state index contributed by atoms with van der Waals surface area (Å²) in [5.41, 5.74) is 10.9. The first kappa shape index (κ1) is 17.7. The molecule has 5 heterocycles. The average Bonchev–Trinajstić information content (AvgIpc) is 3.44. The average molecular weight is 478 g/mol. The Morgan fingerprint density at radius 3 is 2.34 bits per heavy atom. The topological polar surface area (TPSA) is 17.0 Å². The molecule has 35 heavy (non-hydrogen) atoms. The summed E-state index contributed by atoms with van der Waals surface area (Å²) >= 11 is 3.85. The monoisotopic (exact) mass is 478 g/mol. The van der Waals surface area contributed by atoms with Crippen LogP contribution in [-0.4, -0.2) is 11.3 Å². The van der Waals surface area contributed by atoms with E-state index in [9.17, 15) is 0 Å². The molecule has 0 atom stereocenters. The molecule has 10 rings (SSSR count). The van der Waals surface area contributed by atoms with E-state index in [-0.39, 0.29) is 6.71 Å². The van der Waals surface area contributed by atoms with Gasteiger partial charge in [0, 0.05) is 53.1 Å². The van der Waals surface area contributed by atoms with E-state index in [0.717, 1.165) is 0 Å². The van der Waals surface area contributed by atoms with Crippen LogP contribution in [0.5, 0.6) is 0 Å². The van der Waals surface area contributed by atoms with Crippen molar-refractivity contribution in [1.82, 2.24) is 4.57 Å². The van der Waals surface area contributed by atoms with Gasteiger partial charge in [-0.15, -0.1) is 11.3 Å². The van der Waals surface area contributed by atoms with E-state index in [1.165, 1.54) is 85.2 Å². The van der Waals surface area contributed by atoms with Gasteiger partial charge in [0.2, 0.25) is 0 Å². The van der Waals surface area contributed by atoms with Gasteiger partial charge >= 0.3 is 0 Å². The fourth-order valence-corrected chi connectivity index (χ4v) is 9.32. The second-order valence-electron chi connectivity index (χ2n) is 9.76. The first-order chi connectivity index (χ1) is 17.4. The lowest BCUT2D eigenvalue weighted by molar-refractivity contribution is 1.18. The number of nitrogens with zero attached hydrogens (tertiary/aromatic N) is 1. The van der Waals surface area contributed by atoms with Crippen LogP contribution in [0, 0.1) is 0 Å². The molecular weight excluding hydrogens is 463 g/mol. The highest BCUT2D eigenvalue weighted by Gasteiger charge is 2.44. The fraction of sp³-hybridized carbons (Fsp3) is 0. The first-order valence-corrected chi connectivity index (χ1v) is 13.6. The van der Waals surface area contributed by atoms with Gasteiger partial charge in [-0.2, -0.15) is 0 Å². The number of nitrogens with one attached hydrogen (secondary N) is 1. The van der Waals surface area contributed by atoms with Gasteiger partial charge in [-0.1, -0.05) is 60.3 Å². The summed E-state index contributed by atoms with van der Waals surface area (Å²) in [6, 6.07) is 31.8. The van der Waals surface area contributed by atoms with Gasteiger partial charge in [0.1, 0.15) is 0 Å². The van der Waals surface area contributed by atoms with Crippen LogP contribution in [0.25, 0.3) is 47.7 Å². The lowest BCUT2D eigenvalue weighted by Crippen LogP contribution is -2.61. The lowest BCUT2D eigenvalue weighted by atomic mass is 9.34. The van der Waals surface area contributed by atoms with E-state index in [1.54, 1.807) is 0 Å². The van der Waals surface area contributed by atoms with Crippen LogP contribution in [0.4, 0.5) is 11.4 Å². The number of rotatable bonds is 0. The zero-order valence-electron chi connectivity index (χ0n) is 18.4. The normalized spacial score (nSPS) is 14.3. The van der Waals surface area contributed by atoms with Gasteiger partial charge in [0.15, 0.2) is 0 Å². The van der Waals surface area contributed by atoms with Crippen molar-refractivity contribution in [2.24, 2.45) is 0 Å². The van der Waals surface area contributed by atoms with Crippen molar-refractivity contribution in [3.8, 4) is 5.69 Å². The zero-order valence-corrected chi connectivity index (χ0v) is 20.1. The molecule has 0 amide bonds. The maximum Gasteiger partial charge on any atom is 0.255 e. The van der Waals surface area contributed by atoms with Crippen LogP contribution in [0.2, 0.25) is 0 Å². The highest BCUT2D eigenvalue weighted by Crippen LogP contribution is 2.46. The van der Waals surface area contributed by atoms with Crippen LogP contribution in [0.15, 0.2) is 94.7 Å². The number of hydrogen-bond acceptors (Lipinski definition) is 3. The molecule has 5 heteroatoms. The van der Waals surface area contributed by atoms with E-state index in [2.05, 4.69) is 94.8 Å². The Kier molecular flexibility index (Phi) is 2.92. The van der Waals surface area contributed by atoms with Crippen molar-refractivity contribution in [2.75, 3.05) is 5.32 Å². The molecule has 0 spiro atoms. The molecule has 5 aromatic carbocycles. The third-order valence-electron chi connectivity index (χ3n) is 8.18. The Bertz CT molecular complexity index is 2120. The third kappa shape index (κ3) is 1.90. The van der Waals surface area contributed by atoms with Gasteiger partial charge in [0.25, 0.3) is 6.71 Å². The SMILES string of the molecule is c1cc2c3c(c1)Sc1cccc4c1B3c1c(ccc3c5ccc6c7ccccc7sc6c5n-4c13)N2. The Balaban J connectivity index is 1.50. The largest absolute Gasteiger partial charge is 0.356 e. The van der Waals surface area contributed by atoms with Gasteiger partial charge in [-0.3, -0.25) is 0 Å². The second-order valence-corrected chi connectivity index (χ2v) is 11.9. The first-order valence-electron chi connectivity index (χ1n) is 12.0. The maximum atomic E-state index is 3.80. The van der Waals surface area contributed by atoms with Crippen LogP contribution in [0.1, 0.15) is 0 Å². The molecule has 2 nitrogen and oxygen atoms in total. The predicted octanol–water partition coefficient (Wildman–Crippen LogP) is 6.50. The Labute approximate surface area is 209 Å². The Morgan fingerprint density at radius 2 is 1.37 bits per heavy atom. The molecule has 0 aliphatic carbocycles. The summed E-state index contributed by atoms with van der Waals surface area (Å²) in [6.45, 7) is 0.281. The Morgan fingerprint density at radius 1 is 0.600 bits per heavy atom. The number of benzene rings is 5. The standard InChI is InChI=1S/C30H15BN2S2/c1-2-8-22-15(5-1)18-12-11-17-16-13-14-20-26-28(16)33(29(17)30(18)35-22)21-7-4-10-24-27(21)31(26)25-19(32-20)6-3-9-23(25)34-24/h1-14,32H. The summed E-state index contributed by atoms with van der Waals surface area (Å²) in [7, 11) is 0. The Hall–Kier alpha value is -3.67. The second kappa shape index (κ2) is 5.76. The molecule has 0 radical (unpaired) electrons. The molecule has 3 aliphatic rings. The summed E-state index contributed by atoms with van der Waals surface area (Å²) in [6.07, 6.45) is 0. The summed E-state index contributed by atoms with van der Waals surface area (Å²) in [5, 5.41) is 9.23. The van der Waals surface area contributed by atoms with Crippen molar-refractivity contribution in [3.63, 3.8) is 0 Å². The highest BCUT2D eigenvalue weighted by atomic mass is 32.2. The predicted molar refractivity (Wildman–Crippen MR) is 152 cm³/mol. The van der Waals surface area contributed by atoms with E-state index >= 15 is 0 Å². The number of aromatic nitrogens is 1. The van der Waals surface area contributed by atoms with Crippen LogP contribution in [-0.2, 0) is 0 Å². The number of fused-ring (bicyclic) bond motifs is 8. The minimum absolute atomic E-state index is 0.281. The molecule has 0 saturated carbocycles. The van der Waals surface area contributed by atoms with Gasteiger partial charge < -0.3 is 9.88 Å². The molecule has 3 aliphatic heterocycles. The smallest absolute Gasteiger partial charge is 0.255 e. The van der Waals surface area contributed by atoms with Crippen LogP contribution >= 0.6 is 23.1 Å². The van der Waals surface area contributed by atoms with Crippen LogP contribution in [0.3, 0.4) is 0 Å². The molecule has 1 N–H and O–H groups in total. The van der Waals surface area contributed by atoms with E-state index in [0.29, 0.717) is 0 Å². The minimum atomic E-state index is 0.281. The molecule has 7 aromatic rings. The molecule has 0 fully saturated rings. The molecule has 0 saturated heterocycles.